The lowest BCUT2D eigenvalue weighted by atomic mass is 9.87. The van der Waals surface area contributed by atoms with Crippen LogP contribution in [0.2, 0.25) is 5.02 Å². The molecule has 0 radical (unpaired) electrons. The molecule has 1 saturated heterocycles. The maximum atomic E-state index is 14.2. The molecule has 2 heterocycles. The molecule has 1 amide bonds. The monoisotopic (exact) mass is 652 g/mol. The standard InChI is InChI=1S/C39H45ClN4O3/c1-26(2)29-13-8-27(9-14-29)12-21-34-33(23-41-38(42-34)44-22-6-7-35(44)30-15-19-32(40)20-16-30)37(47)43(25-36(45)46)24-28-10-17-31(18-11-28)39(3,4)5/h8-11,13-20,23,26,35H,6-7,12,21-22,24-25H2,1-5H3,(H,45,46). The normalized spacial score (nSPS) is 14.9. The molecular weight excluding hydrogens is 608 g/mol. The number of carbonyl (C=O) groups excluding carboxylic acids is 1. The van der Waals surface area contributed by atoms with Crippen molar-refractivity contribution in [2.45, 2.75) is 84.2 Å². The van der Waals surface area contributed by atoms with Crippen LogP contribution in [-0.4, -0.2) is 44.9 Å². The van der Waals surface area contributed by atoms with Crippen molar-refractivity contribution in [1.29, 1.82) is 0 Å². The van der Waals surface area contributed by atoms with Crippen molar-refractivity contribution >= 4 is 29.4 Å². The number of carboxylic acids is 1. The van der Waals surface area contributed by atoms with Gasteiger partial charge in [-0.1, -0.05) is 107 Å². The highest BCUT2D eigenvalue weighted by atomic mass is 35.5. The number of benzene rings is 3. The number of anilines is 1. The van der Waals surface area contributed by atoms with Gasteiger partial charge in [0.25, 0.3) is 5.91 Å². The lowest BCUT2D eigenvalue weighted by molar-refractivity contribution is -0.137. The van der Waals surface area contributed by atoms with E-state index in [2.05, 4.69) is 63.8 Å². The second kappa shape index (κ2) is 14.7. The quantitative estimate of drug-likeness (QED) is 0.175. The van der Waals surface area contributed by atoms with Gasteiger partial charge in [-0.2, -0.15) is 0 Å². The van der Waals surface area contributed by atoms with E-state index in [1.54, 1.807) is 6.20 Å². The Morgan fingerprint density at radius 2 is 1.62 bits per heavy atom. The van der Waals surface area contributed by atoms with Crippen LogP contribution in [0.4, 0.5) is 5.95 Å². The van der Waals surface area contributed by atoms with Crippen LogP contribution in [0.15, 0.2) is 79.0 Å². The molecule has 1 unspecified atom stereocenters. The van der Waals surface area contributed by atoms with Crippen molar-refractivity contribution in [3.05, 3.63) is 123 Å². The fourth-order valence-corrected chi connectivity index (χ4v) is 6.27. The molecule has 47 heavy (non-hydrogen) atoms. The molecule has 3 aromatic carbocycles. The van der Waals surface area contributed by atoms with E-state index in [-0.39, 0.29) is 23.9 Å². The first-order chi connectivity index (χ1) is 22.4. The molecule has 5 rings (SSSR count). The zero-order chi connectivity index (χ0) is 33.7. The number of halogens is 1. The summed E-state index contributed by atoms with van der Waals surface area (Å²) in [5, 5.41) is 10.5. The van der Waals surface area contributed by atoms with E-state index < -0.39 is 12.5 Å². The minimum Gasteiger partial charge on any atom is -0.480 e. The van der Waals surface area contributed by atoms with Crippen molar-refractivity contribution in [2.75, 3.05) is 18.0 Å². The molecule has 8 heteroatoms. The third-order valence-electron chi connectivity index (χ3n) is 8.95. The first-order valence-corrected chi connectivity index (χ1v) is 16.8. The van der Waals surface area contributed by atoms with Gasteiger partial charge in [0.2, 0.25) is 5.95 Å². The van der Waals surface area contributed by atoms with Gasteiger partial charge in [-0.15, -0.1) is 0 Å². The number of nitrogens with zero attached hydrogens (tertiary/aromatic N) is 4. The summed E-state index contributed by atoms with van der Waals surface area (Å²) >= 11 is 6.17. The molecule has 1 N–H and O–H groups in total. The number of amides is 1. The van der Waals surface area contributed by atoms with Gasteiger partial charge in [0.15, 0.2) is 0 Å². The van der Waals surface area contributed by atoms with Gasteiger partial charge >= 0.3 is 5.97 Å². The molecule has 4 aromatic rings. The maximum Gasteiger partial charge on any atom is 0.323 e. The van der Waals surface area contributed by atoms with Crippen LogP contribution in [0.1, 0.15) is 103 Å². The van der Waals surface area contributed by atoms with Gasteiger partial charge in [-0.3, -0.25) is 9.59 Å². The van der Waals surface area contributed by atoms with Crippen LogP contribution in [0, 0.1) is 0 Å². The molecule has 1 aromatic heterocycles. The number of rotatable bonds is 11. The minimum absolute atomic E-state index is 0.0138. The Kier molecular flexibility index (Phi) is 10.7. The second-order valence-electron chi connectivity index (χ2n) is 13.8. The molecular formula is C39H45ClN4O3. The van der Waals surface area contributed by atoms with Crippen LogP contribution < -0.4 is 4.90 Å². The van der Waals surface area contributed by atoms with E-state index in [0.717, 1.165) is 36.1 Å². The van der Waals surface area contributed by atoms with Gasteiger partial charge in [-0.05, 0) is 77.0 Å². The summed E-state index contributed by atoms with van der Waals surface area (Å²) in [5.74, 6) is -0.445. The Bertz CT molecular complexity index is 1680. The van der Waals surface area contributed by atoms with Crippen LogP contribution in [0.25, 0.3) is 0 Å². The highest BCUT2D eigenvalue weighted by molar-refractivity contribution is 6.30. The van der Waals surface area contributed by atoms with E-state index >= 15 is 0 Å². The number of aromatic nitrogens is 2. The largest absolute Gasteiger partial charge is 0.480 e. The Hall–Kier alpha value is -4.23. The molecule has 1 atom stereocenters. The Balaban J connectivity index is 1.47. The smallest absolute Gasteiger partial charge is 0.323 e. The SMILES string of the molecule is CC(C)c1ccc(CCc2nc(N3CCCC3c3ccc(Cl)cc3)ncc2C(=O)N(CC(=O)O)Cc2ccc(C(C)(C)C)cc2)cc1. The number of hydrogen-bond acceptors (Lipinski definition) is 5. The number of aliphatic carboxylic acids is 1. The molecule has 1 fully saturated rings. The fraction of sp³-hybridized carbons (Fsp3) is 0.385. The van der Waals surface area contributed by atoms with Crippen LogP contribution >= 0.6 is 11.6 Å². The van der Waals surface area contributed by atoms with E-state index in [1.807, 2.05) is 48.5 Å². The molecule has 246 valence electrons. The molecule has 0 aliphatic carbocycles. The van der Waals surface area contributed by atoms with Gasteiger partial charge < -0.3 is 14.9 Å². The van der Waals surface area contributed by atoms with Crippen LogP contribution in [-0.2, 0) is 29.6 Å². The topological polar surface area (TPSA) is 86.6 Å². The zero-order valence-corrected chi connectivity index (χ0v) is 28.8. The average molecular weight is 653 g/mol. The summed E-state index contributed by atoms with van der Waals surface area (Å²) in [6.45, 7) is 11.3. The molecule has 0 spiro atoms. The Morgan fingerprint density at radius 1 is 0.957 bits per heavy atom. The first-order valence-electron chi connectivity index (χ1n) is 16.5. The van der Waals surface area contributed by atoms with E-state index in [1.165, 1.54) is 16.0 Å². The molecule has 0 bridgehead atoms. The summed E-state index contributed by atoms with van der Waals surface area (Å²) in [4.78, 5) is 39.5. The number of hydrogen-bond donors (Lipinski definition) is 1. The number of carbonyl (C=O) groups is 2. The minimum atomic E-state index is -1.07. The average Bonchev–Trinajstić information content (AvgIpc) is 3.53. The summed E-state index contributed by atoms with van der Waals surface area (Å²) in [7, 11) is 0. The molecule has 7 nitrogen and oxygen atoms in total. The molecule has 1 aliphatic heterocycles. The molecule has 0 saturated carbocycles. The summed E-state index contributed by atoms with van der Waals surface area (Å²) in [5.41, 5.74) is 6.54. The maximum absolute atomic E-state index is 14.2. The summed E-state index contributed by atoms with van der Waals surface area (Å²) in [6, 6.07) is 24.6. The van der Waals surface area contributed by atoms with Crippen molar-refractivity contribution in [2.24, 2.45) is 0 Å². The summed E-state index contributed by atoms with van der Waals surface area (Å²) in [6.07, 6.45) is 4.75. The van der Waals surface area contributed by atoms with E-state index in [9.17, 15) is 14.7 Å². The van der Waals surface area contributed by atoms with E-state index in [4.69, 9.17) is 21.6 Å². The van der Waals surface area contributed by atoms with Gasteiger partial charge in [0.05, 0.1) is 17.3 Å². The lowest BCUT2D eigenvalue weighted by Gasteiger charge is -2.27. The van der Waals surface area contributed by atoms with Crippen molar-refractivity contribution in [1.82, 2.24) is 14.9 Å². The highest BCUT2D eigenvalue weighted by Gasteiger charge is 2.30. The molecule has 1 aliphatic rings. The van der Waals surface area contributed by atoms with Gasteiger partial charge in [-0.25, -0.2) is 9.97 Å². The van der Waals surface area contributed by atoms with Crippen LogP contribution in [0.3, 0.4) is 0 Å². The first kappa shape index (κ1) is 34.1. The number of carboxylic acid groups (broad SMARTS) is 1. The van der Waals surface area contributed by atoms with Crippen molar-refractivity contribution in [3.8, 4) is 0 Å². The van der Waals surface area contributed by atoms with Crippen molar-refractivity contribution < 1.29 is 14.7 Å². The van der Waals surface area contributed by atoms with Crippen molar-refractivity contribution in [3.63, 3.8) is 0 Å². The predicted octanol–water partition coefficient (Wildman–Crippen LogP) is 8.40. The second-order valence-corrected chi connectivity index (χ2v) is 14.3. The zero-order valence-electron chi connectivity index (χ0n) is 28.0. The lowest BCUT2D eigenvalue weighted by Crippen LogP contribution is -2.36. The third kappa shape index (κ3) is 8.58. The van der Waals surface area contributed by atoms with Gasteiger partial charge in [0, 0.05) is 24.3 Å². The fourth-order valence-electron chi connectivity index (χ4n) is 6.15. The highest BCUT2D eigenvalue weighted by Crippen LogP contribution is 2.35. The Labute approximate surface area is 283 Å². The summed E-state index contributed by atoms with van der Waals surface area (Å²) < 4.78 is 0. The third-order valence-corrected chi connectivity index (χ3v) is 9.21. The predicted molar refractivity (Wildman–Crippen MR) is 188 cm³/mol. The number of aryl methyl sites for hydroxylation is 2. The van der Waals surface area contributed by atoms with E-state index in [0.29, 0.717) is 41.0 Å². The van der Waals surface area contributed by atoms with Crippen LogP contribution in [0.5, 0.6) is 0 Å². The van der Waals surface area contributed by atoms with Gasteiger partial charge in [0.1, 0.15) is 6.54 Å². The Morgan fingerprint density at radius 3 is 2.23 bits per heavy atom.